The van der Waals surface area contributed by atoms with Crippen LogP contribution in [0.3, 0.4) is 0 Å². The molecule has 8 nitrogen and oxygen atoms in total. The van der Waals surface area contributed by atoms with Crippen molar-refractivity contribution in [2.45, 2.75) is 51.0 Å². The van der Waals surface area contributed by atoms with E-state index in [9.17, 15) is 13.2 Å². The van der Waals surface area contributed by atoms with Crippen LogP contribution in [-0.2, 0) is 14.8 Å². The van der Waals surface area contributed by atoms with Crippen molar-refractivity contribution in [3.8, 4) is 0 Å². The largest absolute Gasteiger partial charge is 0.383 e. The Morgan fingerprint density at radius 1 is 1.18 bits per heavy atom. The molecule has 9 heteroatoms. The fourth-order valence-electron chi connectivity index (χ4n) is 5.38. The van der Waals surface area contributed by atoms with E-state index in [-0.39, 0.29) is 17.6 Å². The third kappa shape index (κ3) is 7.33. The molecule has 2 heterocycles. The Balaban J connectivity index is 1.57. The average molecular weight is 543 g/mol. The van der Waals surface area contributed by atoms with Gasteiger partial charge in [-0.25, -0.2) is 13.4 Å². The van der Waals surface area contributed by atoms with Crippen LogP contribution >= 0.6 is 0 Å². The van der Waals surface area contributed by atoms with E-state index >= 15 is 0 Å². The van der Waals surface area contributed by atoms with Gasteiger partial charge in [0.05, 0.1) is 12.9 Å². The molecule has 1 saturated carbocycles. The lowest BCUT2D eigenvalue weighted by Crippen LogP contribution is -2.40. The summed E-state index contributed by atoms with van der Waals surface area (Å²) in [5.74, 6) is 2.48. The Bertz CT molecular complexity index is 1190. The van der Waals surface area contributed by atoms with Crippen LogP contribution < -0.4 is 14.5 Å². The molecule has 1 aromatic heterocycles. The Morgan fingerprint density at radius 3 is 2.55 bits per heavy atom. The first kappa shape index (κ1) is 28.5. The molecule has 2 aromatic rings. The first-order valence-corrected chi connectivity index (χ1v) is 15.5. The highest BCUT2D eigenvalue weighted by Crippen LogP contribution is 2.39. The van der Waals surface area contributed by atoms with Gasteiger partial charge in [0, 0.05) is 45.3 Å². The lowest BCUT2D eigenvalue weighted by atomic mass is 9.82. The number of methoxy groups -OCH3 is 1. The number of ether oxygens (including phenoxy) is 1. The van der Waals surface area contributed by atoms with E-state index in [0.29, 0.717) is 48.7 Å². The molecule has 4 atom stereocenters. The molecule has 208 valence electrons. The summed E-state index contributed by atoms with van der Waals surface area (Å²) < 4.78 is 31.2. The Hall–Kier alpha value is -2.49. The second-order valence-electron chi connectivity index (χ2n) is 10.9. The number of anilines is 2. The lowest BCUT2D eigenvalue weighted by Gasteiger charge is -2.33. The number of benzene rings is 1. The van der Waals surface area contributed by atoms with Crippen molar-refractivity contribution in [2.24, 2.45) is 11.8 Å². The van der Waals surface area contributed by atoms with Crippen LogP contribution in [-0.4, -0.2) is 71.9 Å². The minimum Gasteiger partial charge on any atom is -0.383 e. The fourth-order valence-corrected chi connectivity index (χ4v) is 5.81. The molecule has 2 aliphatic rings. The number of carbonyl (C=O) groups excluding carboxylic acids is 1. The van der Waals surface area contributed by atoms with E-state index in [0.717, 1.165) is 49.3 Å². The van der Waals surface area contributed by atoms with Crippen molar-refractivity contribution < 1.29 is 17.9 Å². The summed E-state index contributed by atoms with van der Waals surface area (Å²) in [7, 11) is -0.395. The average Bonchev–Trinajstić information content (AvgIpc) is 3.63. The van der Waals surface area contributed by atoms with Gasteiger partial charge in [0.1, 0.15) is 11.6 Å². The summed E-state index contributed by atoms with van der Waals surface area (Å²) >= 11 is 0. The maximum absolute atomic E-state index is 13.6. The first-order chi connectivity index (χ1) is 18.2. The number of hydrogen-bond donors (Lipinski definition) is 1. The van der Waals surface area contributed by atoms with Crippen molar-refractivity contribution in [2.75, 3.05) is 55.9 Å². The number of piperidine rings is 1. The maximum Gasteiger partial charge on any atom is 0.233 e. The molecule has 2 fully saturated rings. The number of sulfonamides is 1. The van der Waals surface area contributed by atoms with Crippen LogP contribution in [0.2, 0.25) is 0 Å². The molecule has 0 unspecified atom stereocenters. The predicted octanol–water partition coefficient (Wildman–Crippen LogP) is 4.08. The van der Waals surface area contributed by atoms with Crippen molar-refractivity contribution in [1.82, 2.24) is 10.3 Å². The zero-order valence-corrected chi connectivity index (χ0v) is 23.9. The molecule has 1 aromatic carbocycles. The van der Waals surface area contributed by atoms with E-state index in [4.69, 9.17) is 9.72 Å². The Morgan fingerprint density at radius 2 is 1.89 bits per heavy atom. The summed E-state index contributed by atoms with van der Waals surface area (Å²) in [5, 5.41) is 3.64. The molecule has 38 heavy (non-hydrogen) atoms. The molecule has 0 amide bonds. The second-order valence-corrected chi connectivity index (χ2v) is 12.9. The molecule has 0 radical (unpaired) electrons. The number of hydrogen-bond acceptors (Lipinski definition) is 7. The smallest absolute Gasteiger partial charge is 0.233 e. The summed E-state index contributed by atoms with van der Waals surface area (Å²) in [6.07, 6.45) is 5.64. The SMILES string of the molecule is COCCN(C[C@H]1C[C@@H]1C)c1cc(C(=O)CC[C@H]2NCCC[C@H]2c2ccccc2)cc(N(C)S(C)(=O)=O)n1. The summed E-state index contributed by atoms with van der Waals surface area (Å²) in [5.41, 5.74) is 1.81. The van der Waals surface area contributed by atoms with E-state index in [2.05, 4.69) is 41.4 Å². The topological polar surface area (TPSA) is 91.8 Å². The zero-order valence-electron chi connectivity index (χ0n) is 23.1. The standard InChI is InChI=1S/C29H42N4O4S/c1-21-17-24(21)20-33(15-16-37-3)29-19-23(18-28(31-29)32(2)38(4,35)36)27(34)13-12-26-25(11-8-14-30-26)22-9-6-5-7-10-22/h5-7,9-10,18-19,21,24-26,30H,8,11-17,20H2,1-4H3/t21-,24+,25-,26+/m0/s1. The second kappa shape index (κ2) is 12.6. The van der Waals surface area contributed by atoms with Gasteiger partial charge in [0.25, 0.3) is 0 Å². The number of nitrogens with zero attached hydrogens (tertiary/aromatic N) is 3. The predicted molar refractivity (Wildman–Crippen MR) is 153 cm³/mol. The monoisotopic (exact) mass is 542 g/mol. The van der Waals surface area contributed by atoms with Crippen molar-refractivity contribution in [3.05, 3.63) is 53.6 Å². The highest BCUT2D eigenvalue weighted by Gasteiger charge is 2.34. The number of carbonyl (C=O) groups is 1. The molecule has 4 rings (SSSR count). The number of rotatable bonds is 13. The van der Waals surface area contributed by atoms with Crippen LogP contribution in [0, 0.1) is 11.8 Å². The number of aromatic nitrogens is 1. The van der Waals surface area contributed by atoms with E-state index in [1.54, 1.807) is 13.2 Å². The van der Waals surface area contributed by atoms with Gasteiger partial charge in [-0.3, -0.25) is 9.10 Å². The van der Waals surface area contributed by atoms with Crippen LogP contribution in [0.1, 0.15) is 60.9 Å². The molecular formula is C29H42N4O4S. The number of pyridine rings is 1. The molecule has 1 aliphatic heterocycles. The number of ketones is 1. The van der Waals surface area contributed by atoms with Crippen LogP contribution in [0.25, 0.3) is 0 Å². The molecule has 1 N–H and O–H groups in total. The number of Topliss-reactive ketones (excluding diaryl/α,β-unsaturated/α-hetero) is 1. The Labute approximate surface area is 227 Å². The minimum absolute atomic E-state index is 0.00228. The summed E-state index contributed by atoms with van der Waals surface area (Å²) in [6, 6.07) is 14.2. The van der Waals surface area contributed by atoms with Gasteiger partial charge in [0.2, 0.25) is 10.0 Å². The maximum atomic E-state index is 13.6. The highest BCUT2D eigenvalue weighted by atomic mass is 32.2. The first-order valence-electron chi connectivity index (χ1n) is 13.7. The van der Waals surface area contributed by atoms with Gasteiger partial charge in [-0.05, 0) is 67.7 Å². The number of nitrogens with one attached hydrogen (secondary N) is 1. The molecular weight excluding hydrogens is 500 g/mol. The quantitative estimate of drug-likeness (QED) is 0.381. The van der Waals surface area contributed by atoms with Gasteiger partial charge in [-0.1, -0.05) is 37.3 Å². The van der Waals surface area contributed by atoms with Crippen LogP contribution in [0.5, 0.6) is 0 Å². The molecule has 0 spiro atoms. The van der Waals surface area contributed by atoms with Crippen LogP contribution in [0.15, 0.2) is 42.5 Å². The van der Waals surface area contributed by atoms with Gasteiger partial charge in [0.15, 0.2) is 5.78 Å². The summed E-state index contributed by atoms with van der Waals surface area (Å²) in [6.45, 7) is 5.14. The van der Waals surface area contributed by atoms with Crippen molar-refractivity contribution in [1.29, 1.82) is 0 Å². The Kier molecular flexibility index (Phi) is 9.44. The van der Waals surface area contributed by atoms with Gasteiger partial charge >= 0.3 is 0 Å². The molecule has 1 aliphatic carbocycles. The van der Waals surface area contributed by atoms with Gasteiger partial charge < -0.3 is 15.0 Å². The lowest BCUT2D eigenvalue weighted by molar-refractivity contribution is 0.0972. The van der Waals surface area contributed by atoms with E-state index in [1.165, 1.54) is 12.6 Å². The molecule has 1 saturated heterocycles. The van der Waals surface area contributed by atoms with Crippen molar-refractivity contribution >= 4 is 27.4 Å². The fraction of sp³-hybridized carbons (Fsp3) is 0.586. The minimum atomic E-state index is -3.54. The van der Waals surface area contributed by atoms with E-state index < -0.39 is 10.0 Å². The third-order valence-corrected chi connectivity index (χ3v) is 9.24. The van der Waals surface area contributed by atoms with Crippen molar-refractivity contribution in [3.63, 3.8) is 0 Å². The zero-order chi connectivity index (χ0) is 27.3. The van der Waals surface area contributed by atoms with Crippen LogP contribution in [0.4, 0.5) is 11.6 Å². The van der Waals surface area contributed by atoms with Gasteiger partial charge in [-0.2, -0.15) is 0 Å². The third-order valence-electron chi connectivity index (χ3n) is 8.05. The highest BCUT2D eigenvalue weighted by molar-refractivity contribution is 7.92. The van der Waals surface area contributed by atoms with Gasteiger partial charge in [-0.15, -0.1) is 0 Å². The summed E-state index contributed by atoms with van der Waals surface area (Å²) in [4.78, 5) is 20.4. The van der Waals surface area contributed by atoms with E-state index in [1.807, 2.05) is 12.1 Å². The normalized spacial score (nSPS) is 23.2. The molecule has 0 bridgehead atoms.